The van der Waals surface area contributed by atoms with Gasteiger partial charge in [-0.2, -0.15) is 0 Å². The lowest BCUT2D eigenvalue weighted by Crippen LogP contribution is -2.18. The molecule has 5 heteroatoms. The van der Waals surface area contributed by atoms with E-state index in [9.17, 15) is 4.79 Å². The molecule has 4 aliphatic rings. The molecule has 156 valence electrons. The highest BCUT2D eigenvalue weighted by atomic mass is 16.6. The number of ketones is 1. The maximum absolute atomic E-state index is 13.6. The van der Waals surface area contributed by atoms with E-state index in [4.69, 9.17) is 18.9 Å². The Hall–Kier alpha value is -2.05. The second-order valence-corrected chi connectivity index (χ2v) is 8.85. The third-order valence-electron chi connectivity index (χ3n) is 6.39. The normalized spacial score (nSPS) is 28.3. The number of benzene rings is 2. The quantitative estimate of drug-likeness (QED) is 0.448. The Morgan fingerprint density at radius 3 is 1.77 bits per heavy atom. The highest BCUT2D eigenvalue weighted by molar-refractivity contribution is 6.10. The van der Waals surface area contributed by atoms with Crippen LogP contribution in [-0.4, -0.2) is 56.6 Å². The highest BCUT2D eigenvalue weighted by Crippen LogP contribution is 2.36. The summed E-state index contributed by atoms with van der Waals surface area (Å²) in [6.45, 7) is 3.21. The van der Waals surface area contributed by atoms with Gasteiger partial charge < -0.3 is 18.9 Å². The SMILES string of the molecule is O=C(c1ccccc1)c1cc(CC2CO2)c(CC2CO2)c(CC2CO2)c1CC1CO1. The van der Waals surface area contributed by atoms with E-state index in [1.165, 1.54) is 16.7 Å². The van der Waals surface area contributed by atoms with Crippen molar-refractivity contribution in [3.8, 4) is 0 Å². The Kier molecular flexibility index (Phi) is 4.72. The summed E-state index contributed by atoms with van der Waals surface area (Å²) < 4.78 is 22.3. The molecular formula is C25H26O5. The summed E-state index contributed by atoms with van der Waals surface area (Å²) in [5.41, 5.74) is 6.59. The first kappa shape index (κ1) is 18.7. The van der Waals surface area contributed by atoms with E-state index in [1.54, 1.807) is 0 Å². The first-order chi connectivity index (χ1) is 14.7. The van der Waals surface area contributed by atoms with E-state index in [0.717, 1.165) is 68.8 Å². The number of hydrogen-bond acceptors (Lipinski definition) is 5. The summed E-state index contributed by atoms with van der Waals surface area (Å²) in [6, 6.07) is 11.7. The Bertz CT molecular complexity index is 953. The molecule has 2 aromatic rings. The number of ether oxygens (including phenoxy) is 4. The van der Waals surface area contributed by atoms with Crippen molar-refractivity contribution in [2.75, 3.05) is 26.4 Å². The Labute approximate surface area is 176 Å². The molecule has 0 bridgehead atoms. The summed E-state index contributed by atoms with van der Waals surface area (Å²) in [6.07, 6.45) is 4.45. The monoisotopic (exact) mass is 406 g/mol. The molecule has 0 saturated carbocycles. The molecule has 4 atom stereocenters. The van der Waals surface area contributed by atoms with E-state index in [2.05, 4.69) is 6.07 Å². The molecule has 5 nitrogen and oxygen atoms in total. The summed E-state index contributed by atoms with van der Waals surface area (Å²) in [5.74, 6) is 0.0939. The smallest absolute Gasteiger partial charge is 0.193 e. The van der Waals surface area contributed by atoms with Crippen molar-refractivity contribution < 1.29 is 23.7 Å². The van der Waals surface area contributed by atoms with E-state index in [-0.39, 0.29) is 24.1 Å². The van der Waals surface area contributed by atoms with Crippen LogP contribution in [0.3, 0.4) is 0 Å². The minimum Gasteiger partial charge on any atom is -0.373 e. The van der Waals surface area contributed by atoms with Crippen molar-refractivity contribution in [1.29, 1.82) is 0 Å². The van der Waals surface area contributed by atoms with Crippen LogP contribution in [0.1, 0.15) is 38.2 Å². The summed E-state index contributed by atoms with van der Waals surface area (Å²) in [5, 5.41) is 0. The average Bonchev–Trinajstić information content (AvgIpc) is 3.59. The summed E-state index contributed by atoms with van der Waals surface area (Å²) >= 11 is 0. The van der Waals surface area contributed by atoms with Gasteiger partial charge >= 0.3 is 0 Å². The van der Waals surface area contributed by atoms with E-state index in [0.29, 0.717) is 6.10 Å². The fourth-order valence-corrected chi connectivity index (χ4v) is 4.42. The minimum atomic E-state index is 0.0939. The molecule has 30 heavy (non-hydrogen) atoms. The van der Waals surface area contributed by atoms with Gasteiger partial charge in [0.15, 0.2) is 5.78 Å². The molecule has 2 aromatic carbocycles. The molecule has 0 aliphatic carbocycles. The number of epoxide rings is 4. The van der Waals surface area contributed by atoms with Gasteiger partial charge in [0.1, 0.15) is 0 Å². The number of carbonyl (C=O) groups is 1. The van der Waals surface area contributed by atoms with Crippen LogP contribution in [0.4, 0.5) is 0 Å². The molecule has 6 rings (SSSR count). The van der Waals surface area contributed by atoms with Gasteiger partial charge in [0, 0.05) is 36.8 Å². The maximum atomic E-state index is 13.6. The Morgan fingerprint density at radius 1 is 0.700 bits per heavy atom. The van der Waals surface area contributed by atoms with E-state index in [1.807, 2.05) is 30.3 Å². The zero-order chi connectivity index (χ0) is 20.1. The predicted octanol–water partition coefficient (Wildman–Crippen LogP) is 2.68. The first-order valence-electron chi connectivity index (χ1n) is 11.0. The summed E-state index contributed by atoms with van der Waals surface area (Å²) in [4.78, 5) is 13.6. The van der Waals surface area contributed by atoms with Gasteiger partial charge in [-0.05, 0) is 28.3 Å². The zero-order valence-electron chi connectivity index (χ0n) is 17.0. The number of carbonyl (C=O) groups excluding carboxylic acids is 1. The van der Waals surface area contributed by atoms with E-state index >= 15 is 0 Å². The Morgan fingerprint density at radius 2 is 1.20 bits per heavy atom. The van der Waals surface area contributed by atoms with Crippen molar-refractivity contribution in [3.63, 3.8) is 0 Å². The van der Waals surface area contributed by atoms with Crippen LogP contribution in [0, 0.1) is 0 Å². The predicted molar refractivity (Wildman–Crippen MR) is 110 cm³/mol. The minimum absolute atomic E-state index is 0.0939. The van der Waals surface area contributed by atoms with Gasteiger partial charge in [0.05, 0.1) is 50.8 Å². The summed E-state index contributed by atoms with van der Waals surface area (Å²) in [7, 11) is 0. The first-order valence-corrected chi connectivity index (χ1v) is 11.0. The van der Waals surface area contributed by atoms with Gasteiger partial charge in [0.25, 0.3) is 0 Å². The van der Waals surface area contributed by atoms with Crippen LogP contribution < -0.4 is 0 Å². The molecular weight excluding hydrogens is 380 g/mol. The molecule has 0 radical (unpaired) electrons. The molecule has 4 saturated heterocycles. The van der Waals surface area contributed by atoms with Gasteiger partial charge in [-0.25, -0.2) is 0 Å². The van der Waals surface area contributed by atoms with Gasteiger partial charge in [0.2, 0.25) is 0 Å². The largest absolute Gasteiger partial charge is 0.373 e. The van der Waals surface area contributed by atoms with Crippen molar-refractivity contribution in [2.24, 2.45) is 0 Å². The Balaban J connectivity index is 1.49. The van der Waals surface area contributed by atoms with Crippen LogP contribution >= 0.6 is 0 Å². The van der Waals surface area contributed by atoms with Gasteiger partial charge in [-0.3, -0.25) is 4.79 Å². The van der Waals surface area contributed by atoms with Gasteiger partial charge in [-0.1, -0.05) is 30.3 Å². The van der Waals surface area contributed by atoms with Gasteiger partial charge in [-0.15, -0.1) is 0 Å². The number of rotatable bonds is 10. The molecule has 4 aliphatic heterocycles. The topological polar surface area (TPSA) is 67.2 Å². The third kappa shape index (κ3) is 4.21. The van der Waals surface area contributed by atoms with Crippen LogP contribution in [0.25, 0.3) is 0 Å². The molecule has 0 N–H and O–H groups in total. The number of hydrogen-bond donors (Lipinski definition) is 0. The standard InChI is InChI=1S/C25H26O5/c26-25(15-4-2-1-3-5-15)24-7-16(6-17-11-27-17)21(8-18-12-28-18)22(9-19-13-29-19)23(24)10-20-14-30-20/h1-5,7,17-20H,6,8-14H2. The molecule has 0 aromatic heterocycles. The van der Waals surface area contributed by atoms with Crippen molar-refractivity contribution in [3.05, 3.63) is 69.8 Å². The lowest BCUT2D eigenvalue weighted by atomic mass is 9.82. The molecule has 0 amide bonds. The fraction of sp³-hybridized carbons (Fsp3) is 0.480. The maximum Gasteiger partial charge on any atom is 0.193 e. The molecule has 4 unspecified atom stereocenters. The van der Waals surface area contributed by atoms with Crippen LogP contribution in [0.2, 0.25) is 0 Å². The molecule has 4 fully saturated rings. The van der Waals surface area contributed by atoms with Crippen LogP contribution in [-0.2, 0) is 44.6 Å². The third-order valence-corrected chi connectivity index (χ3v) is 6.39. The fourth-order valence-electron chi connectivity index (χ4n) is 4.42. The second kappa shape index (κ2) is 7.57. The van der Waals surface area contributed by atoms with Crippen LogP contribution in [0.5, 0.6) is 0 Å². The van der Waals surface area contributed by atoms with Crippen molar-refractivity contribution in [1.82, 2.24) is 0 Å². The van der Waals surface area contributed by atoms with Crippen molar-refractivity contribution >= 4 is 5.78 Å². The lowest BCUT2D eigenvalue weighted by molar-refractivity contribution is 0.103. The zero-order valence-corrected chi connectivity index (χ0v) is 17.0. The van der Waals surface area contributed by atoms with E-state index < -0.39 is 0 Å². The van der Waals surface area contributed by atoms with Crippen LogP contribution in [0.15, 0.2) is 36.4 Å². The highest BCUT2D eigenvalue weighted by Gasteiger charge is 2.35. The average molecular weight is 406 g/mol. The second-order valence-electron chi connectivity index (χ2n) is 8.85. The molecule has 4 heterocycles. The van der Waals surface area contributed by atoms with Crippen molar-refractivity contribution in [2.45, 2.75) is 50.1 Å². The molecule has 0 spiro atoms. The lowest BCUT2D eigenvalue weighted by Gasteiger charge is -2.22.